The number of carbonyl (C=O) groups excluding carboxylic acids is 4. The number of carboxylic acid groups (broad SMARTS) is 1. The molecule has 0 spiro atoms. The van der Waals surface area contributed by atoms with Gasteiger partial charge in [0.05, 0.1) is 18.5 Å². The zero-order valence-corrected chi connectivity index (χ0v) is 22.7. The van der Waals surface area contributed by atoms with Crippen molar-refractivity contribution >= 4 is 41.6 Å². The van der Waals surface area contributed by atoms with Gasteiger partial charge in [0.1, 0.15) is 12.0 Å². The Morgan fingerprint density at radius 1 is 1.00 bits per heavy atom. The Bertz CT molecular complexity index is 1400. The Hall–Kier alpha value is -4.53. The van der Waals surface area contributed by atoms with E-state index < -0.39 is 35.7 Å². The van der Waals surface area contributed by atoms with Gasteiger partial charge in [-0.3, -0.25) is 19.2 Å². The van der Waals surface area contributed by atoms with E-state index in [0.717, 1.165) is 16.0 Å². The molecule has 2 aromatic rings. The standard InChI is InChI=1S/C31H35N3O6/c1-20(2)28(34-31(40)29-25-11-7-6-10-22(25)16-17-32-29)30(39)23(13-12-21-8-4-3-5-9-21)18-26(36)33-24(19-35)14-15-27(37)38/h3-11,13,16,19-20,24,28,32H,12,14-15,17-18H2,1-2H3,(H,33,36)(H,34,40)(H,37,38)/b23-13-/t24-,28?/m1/s1. The fourth-order valence-corrected chi connectivity index (χ4v) is 4.41. The Kier molecular flexibility index (Phi) is 10.9. The molecule has 40 heavy (non-hydrogen) atoms. The van der Waals surface area contributed by atoms with Crippen molar-refractivity contribution in [2.45, 2.75) is 51.6 Å². The van der Waals surface area contributed by atoms with Crippen LogP contribution in [0.25, 0.3) is 11.8 Å². The number of allylic oxidation sites excluding steroid dienone is 1. The largest absolute Gasteiger partial charge is 0.481 e. The van der Waals surface area contributed by atoms with Crippen molar-refractivity contribution in [1.82, 2.24) is 16.0 Å². The van der Waals surface area contributed by atoms with Crippen molar-refractivity contribution in [1.29, 1.82) is 0 Å². The number of nitrogens with one attached hydrogen (secondary N) is 3. The summed E-state index contributed by atoms with van der Waals surface area (Å²) in [7, 11) is 0. The Balaban J connectivity index is 1.85. The van der Waals surface area contributed by atoms with Gasteiger partial charge in [-0.15, -0.1) is 0 Å². The molecule has 2 amide bonds. The van der Waals surface area contributed by atoms with Crippen LogP contribution in [0.15, 0.2) is 66.2 Å². The molecule has 9 nitrogen and oxygen atoms in total. The number of carboxylic acids is 1. The van der Waals surface area contributed by atoms with E-state index in [-0.39, 0.29) is 30.8 Å². The molecule has 3 rings (SSSR count). The molecule has 2 aromatic carbocycles. The minimum absolute atomic E-state index is 0.0588. The van der Waals surface area contributed by atoms with Crippen LogP contribution in [0.3, 0.4) is 0 Å². The van der Waals surface area contributed by atoms with Gasteiger partial charge < -0.3 is 25.9 Å². The van der Waals surface area contributed by atoms with E-state index in [1.807, 2.05) is 74.5 Å². The van der Waals surface area contributed by atoms with Gasteiger partial charge in [0.2, 0.25) is 5.91 Å². The Morgan fingerprint density at radius 2 is 1.70 bits per heavy atom. The van der Waals surface area contributed by atoms with E-state index in [9.17, 15) is 24.0 Å². The number of aliphatic carboxylic acids is 1. The third-order valence-corrected chi connectivity index (χ3v) is 6.57. The number of hydrogen-bond donors (Lipinski definition) is 4. The number of amides is 2. The molecule has 1 aliphatic heterocycles. The molecular formula is C31H35N3O6. The predicted molar refractivity (Wildman–Crippen MR) is 151 cm³/mol. The summed E-state index contributed by atoms with van der Waals surface area (Å²) in [6.07, 6.45) is 3.84. The van der Waals surface area contributed by atoms with Gasteiger partial charge >= 0.3 is 5.97 Å². The molecule has 0 radical (unpaired) electrons. The van der Waals surface area contributed by atoms with Gasteiger partial charge in [-0.05, 0) is 29.5 Å². The molecule has 1 unspecified atom stereocenters. The van der Waals surface area contributed by atoms with E-state index in [1.54, 1.807) is 6.08 Å². The van der Waals surface area contributed by atoms with Gasteiger partial charge in [0, 0.05) is 23.8 Å². The highest BCUT2D eigenvalue weighted by atomic mass is 16.4. The Labute approximate surface area is 233 Å². The van der Waals surface area contributed by atoms with Crippen LogP contribution in [-0.2, 0) is 30.4 Å². The first-order chi connectivity index (χ1) is 19.2. The van der Waals surface area contributed by atoms with Crippen molar-refractivity contribution < 1.29 is 29.1 Å². The zero-order chi connectivity index (χ0) is 29.1. The minimum Gasteiger partial charge on any atom is -0.481 e. The SMILES string of the molecule is CC(C)C(NC(=O)C1=c2ccccc2=CCN1)C(=O)/C(=C\Cc1ccccc1)CC(=O)N[C@@H](C=O)CCC(=O)O. The zero-order valence-electron chi connectivity index (χ0n) is 22.7. The summed E-state index contributed by atoms with van der Waals surface area (Å²) in [6, 6.07) is 15.0. The van der Waals surface area contributed by atoms with E-state index in [1.165, 1.54) is 0 Å². The molecule has 0 saturated heterocycles. The number of hydrogen-bond acceptors (Lipinski definition) is 6. The van der Waals surface area contributed by atoms with Crippen LogP contribution in [0.2, 0.25) is 0 Å². The van der Waals surface area contributed by atoms with Crippen LogP contribution < -0.4 is 26.4 Å². The van der Waals surface area contributed by atoms with Gasteiger partial charge in [-0.25, -0.2) is 0 Å². The fourth-order valence-electron chi connectivity index (χ4n) is 4.41. The molecule has 9 heteroatoms. The van der Waals surface area contributed by atoms with Gasteiger partial charge in [0.25, 0.3) is 5.91 Å². The summed E-state index contributed by atoms with van der Waals surface area (Å²) in [6.45, 7) is 4.10. The molecule has 0 saturated carbocycles. The maximum atomic E-state index is 13.8. The number of rotatable bonds is 14. The van der Waals surface area contributed by atoms with Crippen molar-refractivity contribution in [3.63, 3.8) is 0 Å². The number of benzene rings is 2. The average molecular weight is 546 g/mol. The first-order valence-corrected chi connectivity index (χ1v) is 13.3. The summed E-state index contributed by atoms with van der Waals surface area (Å²) >= 11 is 0. The second-order valence-electron chi connectivity index (χ2n) is 9.95. The predicted octanol–water partition coefficient (Wildman–Crippen LogP) is 0.996. The molecule has 2 atom stereocenters. The van der Waals surface area contributed by atoms with Crippen LogP contribution in [-0.4, -0.2) is 53.6 Å². The molecular weight excluding hydrogens is 510 g/mol. The smallest absolute Gasteiger partial charge is 0.303 e. The molecule has 1 heterocycles. The molecule has 210 valence electrons. The van der Waals surface area contributed by atoms with Crippen LogP contribution >= 0.6 is 0 Å². The van der Waals surface area contributed by atoms with Crippen LogP contribution in [0, 0.1) is 5.92 Å². The van der Waals surface area contributed by atoms with Crippen LogP contribution in [0.1, 0.15) is 38.7 Å². The van der Waals surface area contributed by atoms with E-state index in [4.69, 9.17) is 5.11 Å². The molecule has 0 bridgehead atoms. The molecule has 0 aliphatic carbocycles. The first kappa shape index (κ1) is 30.0. The molecule has 0 fully saturated rings. The highest BCUT2D eigenvalue weighted by Crippen LogP contribution is 2.15. The molecule has 1 aliphatic rings. The third kappa shape index (κ3) is 8.49. The lowest BCUT2D eigenvalue weighted by Crippen LogP contribution is -2.50. The van der Waals surface area contributed by atoms with Crippen molar-refractivity contribution in [3.05, 3.63) is 82.2 Å². The van der Waals surface area contributed by atoms with Crippen LogP contribution in [0.5, 0.6) is 0 Å². The third-order valence-electron chi connectivity index (χ3n) is 6.57. The fraction of sp³-hybridized carbons (Fsp3) is 0.323. The lowest BCUT2D eigenvalue weighted by molar-refractivity contribution is -0.137. The number of aldehydes is 1. The van der Waals surface area contributed by atoms with E-state index in [0.29, 0.717) is 24.9 Å². The number of Topliss-reactive ketones (excluding diaryl/α,β-unsaturated/α-hetero) is 1. The highest BCUT2D eigenvalue weighted by Gasteiger charge is 2.29. The highest BCUT2D eigenvalue weighted by molar-refractivity contribution is 6.15. The van der Waals surface area contributed by atoms with E-state index >= 15 is 0 Å². The van der Waals surface area contributed by atoms with Gasteiger partial charge in [-0.1, -0.05) is 80.6 Å². The average Bonchev–Trinajstić information content (AvgIpc) is 2.95. The second kappa shape index (κ2) is 14.6. The lowest BCUT2D eigenvalue weighted by Gasteiger charge is -2.24. The molecule has 4 N–H and O–H groups in total. The second-order valence-corrected chi connectivity index (χ2v) is 9.95. The van der Waals surface area contributed by atoms with Gasteiger partial charge in [0.15, 0.2) is 5.78 Å². The maximum Gasteiger partial charge on any atom is 0.303 e. The summed E-state index contributed by atoms with van der Waals surface area (Å²) in [5.74, 6) is -2.78. The first-order valence-electron chi connectivity index (χ1n) is 13.3. The summed E-state index contributed by atoms with van der Waals surface area (Å²) in [5.41, 5.74) is 1.50. The number of fused-ring (bicyclic) bond motifs is 1. The van der Waals surface area contributed by atoms with Crippen LogP contribution in [0.4, 0.5) is 0 Å². The van der Waals surface area contributed by atoms with Crippen molar-refractivity contribution in [3.8, 4) is 0 Å². The summed E-state index contributed by atoms with van der Waals surface area (Å²) < 4.78 is 0. The maximum absolute atomic E-state index is 13.8. The minimum atomic E-state index is -1.08. The van der Waals surface area contributed by atoms with Crippen molar-refractivity contribution in [2.24, 2.45) is 5.92 Å². The monoisotopic (exact) mass is 545 g/mol. The topological polar surface area (TPSA) is 142 Å². The van der Waals surface area contributed by atoms with E-state index in [2.05, 4.69) is 16.0 Å². The quantitative estimate of drug-likeness (QED) is 0.205. The lowest BCUT2D eigenvalue weighted by atomic mass is 9.91. The normalized spacial score (nSPS) is 14.2. The summed E-state index contributed by atoms with van der Waals surface area (Å²) in [4.78, 5) is 62.3. The molecule has 0 aromatic heterocycles. The number of ketones is 1. The Morgan fingerprint density at radius 3 is 2.38 bits per heavy atom. The van der Waals surface area contributed by atoms with Crippen molar-refractivity contribution in [2.75, 3.05) is 6.54 Å². The number of carbonyl (C=O) groups is 5. The summed E-state index contributed by atoms with van der Waals surface area (Å²) in [5, 5.41) is 19.0. The van der Waals surface area contributed by atoms with Gasteiger partial charge in [-0.2, -0.15) is 0 Å².